The van der Waals surface area contributed by atoms with Gasteiger partial charge < -0.3 is 4.74 Å². The summed E-state index contributed by atoms with van der Waals surface area (Å²) in [6.07, 6.45) is 0.687. The van der Waals surface area contributed by atoms with Crippen molar-refractivity contribution in [1.82, 2.24) is 0 Å². The molecule has 0 heterocycles. The number of carbonyl (C=O) groups is 1. The summed E-state index contributed by atoms with van der Waals surface area (Å²) in [7, 11) is 1.37. The Hall–Kier alpha value is -1.02. The number of esters is 1. The molecule has 0 fully saturated rings. The topological polar surface area (TPSA) is 26.3 Å². The van der Waals surface area contributed by atoms with Crippen LogP contribution in [0.5, 0.6) is 0 Å². The van der Waals surface area contributed by atoms with E-state index >= 15 is 0 Å². The molecular formula is C10H11ClO2. The maximum absolute atomic E-state index is 11.2. The van der Waals surface area contributed by atoms with E-state index in [0.717, 1.165) is 5.56 Å². The minimum Gasteiger partial charge on any atom is -0.465 e. The second kappa shape index (κ2) is 4.87. The molecule has 0 aromatic heterocycles. The van der Waals surface area contributed by atoms with Crippen molar-refractivity contribution in [2.24, 2.45) is 0 Å². The van der Waals surface area contributed by atoms with E-state index in [1.165, 1.54) is 7.11 Å². The number of benzene rings is 1. The third kappa shape index (κ3) is 2.46. The van der Waals surface area contributed by atoms with Gasteiger partial charge in [-0.2, -0.15) is 0 Å². The monoisotopic (exact) mass is 198 g/mol. The first-order valence-electron chi connectivity index (χ1n) is 4.01. The van der Waals surface area contributed by atoms with Crippen LogP contribution in [0.3, 0.4) is 0 Å². The van der Waals surface area contributed by atoms with Gasteiger partial charge >= 0.3 is 5.97 Å². The molecule has 3 heteroatoms. The molecular weight excluding hydrogens is 188 g/mol. The van der Waals surface area contributed by atoms with Crippen LogP contribution in [0.25, 0.3) is 0 Å². The van der Waals surface area contributed by atoms with E-state index < -0.39 is 0 Å². The molecule has 0 N–H and O–H groups in total. The first kappa shape index (κ1) is 10.1. The summed E-state index contributed by atoms with van der Waals surface area (Å²) in [6.45, 7) is 0. The highest BCUT2D eigenvalue weighted by molar-refractivity contribution is 6.18. The average molecular weight is 199 g/mol. The summed E-state index contributed by atoms with van der Waals surface area (Å²) < 4.78 is 4.64. The van der Waals surface area contributed by atoms with Crippen molar-refractivity contribution in [3.05, 3.63) is 35.4 Å². The van der Waals surface area contributed by atoms with Crippen molar-refractivity contribution in [2.75, 3.05) is 13.0 Å². The van der Waals surface area contributed by atoms with E-state index in [0.29, 0.717) is 17.9 Å². The van der Waals surface area contributed by atoms with Crippen molar-refractivity contribution in [3.63, 3.8) is 0 Å². The molecule has 70 valence electrons. The molecule has 1 rings (SSSR count). The highest BCUT2D eigenvalue weighted by Gasteiger charge is 2.09. The number of methoxy groups -OCH3 is 1. The van der Waals surface area contributed by atoms with E-state index in [4.69, 9.17) is 11.6 Å². The largest absolute Gasteiger partial charge is 0.465 e. The van der Waals surface area contributed by atoms with Crippen molar-refractivity contribution in [3.8, 4) is 0 Å². The van der Waals surface area contributed by atoms with Gasteiger partial charge in [0, 0.05) is 5.88 Å². The average Bonchev–Trinajstić information content (AvgIpc) is 2.18. The van der Waals surface area contributed by atoms with Crippen LogP contribution in [0.4, 0.5) is 0 Å². The Labute approximate surface area is 82.5 Å². The van der Waals surface area contributed by atoms with Crippen molar-refractivity contribution in [1.29, 1.82) is 0 Å². The van der Waals surface area contributed by atoms with Gasteiger partial charge in [0.15, 0.2) is 0 Å². The van der Waals surface area contributed by atoms with E-state index in [1.807, 2.05) is 18.2 Å². The lowest BCUT2D eigenvalue weighted by Crippen LogP contribution is -2.05. The fourth-order valence-corrected chi connectivity index (χ4v) is 1.35. The number of hydrogen-bond acceptors (Lipinski definition) is 2. The van der Waals surface area contributed by atoms with Gasteiger partial charge in [-0.3, -0.25) is 0 Å². The molecule has 0 aliphatic rings. The molecule has 0 radical (unpaired) electrons. The van der Waals surface area contributed by atoms with Gasteiger partial charge in [-0.05, 0) is 18.1 Å². The molecule has 0 bridgehead atoms. The van der Waals surface area contributed by atoms with Crippen LogP contribution in [0.2, 0.25) is 0 Å². The van der Waals surface area contributed by atoms with E-state index in [9.17, 15) is 4.79 Å². The zero-order valence-corrected chi connectivity index (χ0v) is 8.17. The third-order valence-electron chi connectivity index (χ3n) is 1.79. The zero-order valence-electron chi connectivity index (χ0n) is 7.42. The fourth-order valence-electron chi connectivity index (χ4n) is 1.15. The van der Waals surface area contributed by atoms with Gasteiger partial charge in [0.05, 0.1) is 12.7 Å². The number of halogens is 1. The second-order valence-corrected chi connectivity index (χ2v) is 2.97. The summed E-state index contributed by atoms with van der Waals surface area (Å²) in [5, 5.41) is 0. The molecule has 0 atom stereocenters. The van der Waals surface area contributed by atoms with Gasteiger partial charge in [-0.1, -0.05) is 18.2 Å². The summed E-state index contributed by atoms with van der Waals surface area (Å²) in [5.74, 6) is 0.203. The number of rotatable bonds is 3. The summed E-state index contributed by atoms with van der Waals surface area (Å²) >= 11 is 5.60. The van der Waals surface area contributed by atoms with Crippen LogP contribution in [-0.4, -0.2) is 19.0 Å². The Bertz CT molecular complexity index is 297. The van der Waals surface area contributed by atoms with Crippen LogP contribution in [0.1, 0.15) is 15.9 Å². The first-order chi connectivity index (χ1) is 6.29. The highest BCUT2D eigenvalue weighted by atomic mass is 35.5. The molecule has 0 spiro atoms. The van der Waals surface area contributed by atoms with Crippen LogP contribution < -0.4 is 0 Å². The van der Waals surface area contributed by atoms with Gasteiger partial charge in [0.1, 0.15) is 0 Å². The molecule has 2 nitrogen and oxygen atoms in total. The number of carbonyl (C=O) groups excluding carboxylic acids is 1. The molecule has 1 aromatic rings. The smallest absolute Gasteiger partial charge is 0.338 e. The van der Waals surface area contributed by atoms with Gasteiger partial charge in [0.2, 0.25) is 0 Å². The Morgan fingerprint density at radius 2 is 2.15 bits per heavy atom. The predicted molar refractivity (Wildman–Crippen MR) is 52.2 cm³/mol. The van der Waals surface area contributed by atoms with Crippen molar-refractivity contribution in [2.45, 2.75) is 6.42 Å². The predicted octanol–water partition coefficient (Wildman–Crippen LogP) is 2.25. The van der Waals surface area contributed by atoms with Crippen LogP contribution >= 0.6 is 11.6 Å². The van der Waals surface area contributed by atoms with Gasteiger partial charge in [0.25, 0.3) is 0 Å². The standard InChI is InChI=1S/C10H11ClO2/c1-13-10(12)9-5-3-2-4-8(9)6-7-11/h2-5H,6-7H2,1H3. The number of alkyl halides is 1. The Morgan fingerprint density at radius 1 is 1.46 bits per heavy atom. The highest BCUT2D eigenvalue weighted by Crippen LogP contribution is 2.11. The lowest BCUT2D eigenvalue weighted by atomic mass is 10.1. The second-order valence-electron chi connectivity index (χ2n) is 2.59. The summed E-state index contributed by atoms with van der Waals surface area (Å²) in [6, 6.07) is 7.32. The fraction of sp³-hybridized carbons (Fsp3) is 0.300. The zero-order chi connectivity index (χ0) is 9.68. The summed E-state index contributed by atoms with van der Waals surface area (Å²) in [5.41, 5.74) is 1.54. The molecule has 13 heavy (non-hydrogen) atoms. The van der Waals surface area contributed by atoms with Crippen molar-refractivity contribution < 1.29 is 9.53 Å². The van der Waals surface area contributed by atoms with E-state index in [1.54, 1.807) is 6.07 Å². The van der Waals surface area contributed by atoms with Gasteiger partial charge in [-0.15, -0.1) is 11.6 Å². The Balaban J connectivity index is 2.97. The molecule has 1 aromatic carbocycles. The van der Waals surface area contributed by atoms with Crippen LogP contribution in [-0.2, 0) is 11.2 Å². The molecule has 0 aliphatic carbocycles. The Kier molecular flexibility index (Phi) is 3.77. The minimum absolute atomic E-state index is 0.305. The first-order valence-corrected chi connectivity index (χ1v) is 4.55. The maximum atomic E-state index is 11.2. The quantitative estimate of drug-likeness (QED) is 0.550. The lowest BCUT2D eigenvalue weighted by molar-refractivity contribution is 0.0599. The van der Waals surface area contributed by atoms with Gasteiger partial charge in [-0.25, -0.2) is 4.79 Å². The lowest BCUT2D eigenvalue weighted by Gasteiger charge is -2.04. The third-order valence-corrected chi connectivity index (χ3v) is 1.98. The van der Waals surface area contributed by atoms with Crippen LogP contribution in [0.15, 0.2) is 24.3 Å². The summed E-state index contributed by atoms with van der Waals surface area (Å²) in [4.78, 5) is 11.2. The number of aryl methyl sites for hydroxylation is 1. The normalized spacial score (nSPS) is 9.69. The minimum atomic E-state index is -0.305. The Morgan fingerprint density at radius 3 is 2.77 bits per heavy atom. The van der Waals surface area contributed by atoms with E-state index in [-0.39, 0.29) is 5.97 Å². The molecule has 0 amide bonds. The van der Waals surface area contributed by atoms with Crippen molar-refractivity contribution >= 4 is 17.6 Å². The number of ether oxygens (including phenoxy) is 1. The molecule has 0 saturated carbocycles. The van der Waals surface area contributed by atoms with Crippen LogP contribution in [0, 0.1) is 0 Å². The van der Waals surface area contributed by atoms with E-state index in [2.05, 4.69) is 4.74 Å². The SMILES string of the molecule is COC(=O)c1ccccc1CCCl. The molecule has 0 unspecified atom stereocenters. The molecule has 0 aliphatic heterocycles. The number of hydrogen-bond donors (Lipinski definition) is 0. The maximum Gasteiger partial charge on any atom is 0.338 e. The molecule has 0 saturated heterocycles.